The second-order valence-corrected chi connectivity index (χ2v) is 17.7. The fourth-order valence-electron chi connectivity index (χ4n) is 10.4. The van der Waals surface area contributed by atoms with Crippen LogP contribution in [0.3, 0.4) is 0 Å². The van der Waals surface area contributed by atoms with Gasteiger partial charge in [-0.1, -0.05) is 213 Å². The van der Waals surface area contributed by atoms with E-state index in [1.807, 2.05) is 0 Å². The molecule has 0 aliphatic heterocycles. The van der Waals surface area contributed by atoms with Crippen LogP contribution in [0.4, 0.5) is 17.1 Å². The summed E-state index contributed by atoms with van der Waals surface area (Å²) in [5.74, 6) is 0.466. The lowest BCUT2D eigenvalue weighted by atomic mass is 9.94. The molecule has 2 heteroatoms. The van der Waals surface area contributed by atoms with Gasteiger partial charge in [0.1, 0.15) is 0 Å². The van der Waals surface area contributed by atoms with Gasteiger partial charge in [-0.15, -0.1) is 0 Å². The molecule has 1 aliphatic carbocycles. The average Bonchev–Trinajstić information content (AvgIpc) is 3.75. The Morgan fingerprint density at radius 2 is 0.910 bits per heavy atom. The zero-order chi connectivity index (χ0) is 44.7. The topological polar surface area (TPSA) is 8.17 Å². The summed E-state index contributed by atoms with van der Waals surface area (Å²) < 4.78 is 2.51. The van der Waals surface area contributed by atoms with Crippen LogP contribution >= 0.6 is 0 Å². The third-order valence-electron chi connectivity index (χ3n) is 13.5. The van der Waals surface area contributed by atoms with Gasteiger partial charge in [0.2, 0.25) is 0 Å². The smallest absolute Gasteiger partial charge is 0.0619 e. The Bertz CT molecular complexity index is 3520. The van der Waals surface area contributed by atoms with Gasteiger partial charge in [0.15, 0.2) is 0 Å². The highest BCUT2D eigenvalue weighted by atomic mass is 15.1. The van der Waals surface area contributed by atoms with Crippen LogP contribution in [0, 0.1) is 5.92 Å². The van der Waals surface area contributed by atoms with Gasteiger partial charge < -0.3 is 9.47 Å². The zero-order valence-corrected chi connectivity index (χ0v) is 37.4. The Morgan fingerprint density at radius 1 is 0.403 bits per heavy atom. The quantitative estimate of drug-likeness (QED) is 0.140. The van der Waals surface area contributed by atoms with Crippen LogP contribution in [0.1, 0.15) is 13.3 Å². The Kier molecular flexibility index (Phi) is 10.3. The van der Waals surface area contributed by atoms with Crippen molar-refractivity contribution in [3.63, 3.8) is 0 Å². The van der Waals surface area contributed by atoms with E-state index >= 15 is 0 Å². The molecule has 318 valence electrons. The summed E-state index contributed by atoms with van der Waals surface area (Å²) in [6, 6.07) is 86.3. The maximum Gasteiger partial charge on any atom is 0.0619 e. The predicted octanol–water partition coefficient (Wildman–Crippen LogP) is 18.2. The first-order chi connectivity index (χ1) is 33.2. The number of hydrogen-bond acceptors (Lipinski definition) is 1. The van der Waals surface area contributed by atoms with E-state index in [-0.39, 0.29) is 0 Å². The van der Waals surface area contributed by atoms with Gasteiger partial charge in [-0.2, -0.15) is 0 Å². The third-order valence-corrected chi connectivity index (χ3v) is 13.5. The van der Waals surface area contributed by atoms with Crippen molar-refractivity contribution >= 4 is 55.3 Å². The van der Waals surface area contributed by atoms with Crippen molar-refractivity contribution in [3.8, 4) is 55.6 Å². The van der Waals surface area contributed by atoms with Gasteiger partial charge in [-0.3, -0.25) is 0 Å². The molecule has 0 N–H and O–H groups in total. The van der Waals surface area contributed by atoms with Crippen molar-refractivity contribution in [2.75, 3.05) is 4.90 Å². The highest BCUT2D eigenvalue weighted by Gasteiger charge is 2.21. The normalized spacial score (nSPS) is 13.6. The lowest BCUT2D eigenvalue weighted by Gasteiger charge is -2.27. The van der Waals surface area contributed by atoms with Crippen LogP contribution < -0.4 is 4.90 Å². The van der Waals surface area contributed by atoms with Crippen LogP contribution in [-0.4, -0.2) is 4.57 Å². The molecule has 12 rings (SSSR count). The summed E-state index contributed by atoms with van der Waals surface area (Å²) in [5.41, 5.74) is 19.0. The molecule has 0 saturated carbocycles. The Morgan fingerprint density at radius 3 is 1.51 bits per heavy atom. The number of anilines is 3. The monoisotopic (exact) mass is 856 g/mol. The standard InChI is InChI=1S/C65H48N2/c1-45-17-14-24-54(43-45)67-63-32-16-31-60(64(63)62-42-37-48-22-8-9-30-61(48)65(62)67)51-23-15-25-55(44-51)66(52-38-33-49(34-39-52)58-28-12-10-26-56(58)46-18-4-2-5-19-46)53-40-35-50(36-41-53)59-29-13-11-27-57(59)47-20-6-3-7-21-47/h2-16,18-45H,17H2,1H3. The summed E-state index contributed by atoms with van der Waals surface area (Å²) in [6.45, 7) is 2.31. The number of fused-ring (bicyclic) bond motifs is 5. The van der Waals surface area contributed by atoms with Crippen LogP contribution in [0.15, 0.2) is 255 Å². The predicted molar refractivity (Wildman–Crippen MR) is 286 cm³/mol. The first kappa shape index (κ1) is 40.1. The van der Waals surface area contributed by atoms with E-state index in [2.05, 4.69) is 271 Å². The second-order valence-electron chi connectivity index (χ2n) is 17.7. The van der Waals surface area contributed by atoms with E-state index in [1.54, 1.807) is 0 Å². The number of allylic oxidation sites excluding steroid dienone is 4. The molecule has 10 aromatic carbocycles. The Balaban J connectivity index is 1.01. The fraction of sp³-hybridized carbons (Fsp3) is 0.0462. The Hall–Kier alpha value is -8.46. The van der Waals surface area contributed by atoms with Crippen LogP contribution in [-0.2, 0) is 0 Å². The molecule has 67 heavy (non-hydrogen) atoms. The molecule has 1 unspecified atom stereocenters. The van der Waals surface area contributed by atoms with Gasteiger partial charge in [-0.25, -0.2) is 0 Å². The minimum atomic E-state index is 0.466. The molecule has 0 radical (unpaired) electrons. The van der Waals surface area contributed by atoms with E-state index in [9.17, 15) is 0 Å². The first-order valence-corrected chi connectivity index (χ1v) is 23.4. The lowest BCUT2D eigenvalue weighted by Crippen LogP contribution is -2.10. The van der Waals surface area contributed by atoms with E-state index in [0.717, 1.165) is 23.5 Å². The second kappa shape index (κ2) is 17.2. The minimum absolute atomic E-state index is 0.466. The molecule has 1 aromatic heterocycles. The van der Waals surface area contributed by atoms with E-state index in [4.69, 9.17) is 0 Å². The lowest BCUT2D eigenvalue weighted by molar-refractivity contribution is 0.735. The van der Waals surface area contributed by atoms with Gasteiger partial charge in [-0.05, 0) is 122 Å². The molecule has 1 atom stereocenters. The van der Waals surface area contributed by atoms with Crippen LogP contribution in [0.5, 0.6) is 0 Å². The number of nitrogens with zero attached hydrogens (tertiary/aromatic N) is 2. The highest BCUT2D eigenvalue weighted by molar-refractivity contribution is 6.23. The third kappa shape index (κ3) is 7.34. The highest BCUT2D eigenvalue weighted by Crippen LogP contribution is 2.45. The van der Waals surface area contributed by atoms with Crippen molar-refractivity contribution in [2.45, 2.75) is 13.3 Å². The first-order valence-electron chi connectivity index (χ1n) is 23.4. The van der Waals surface area contributed by atoms with Gasteiger partial charge >= 0.3 is 0 Å². The summed E-state index contributed by atoms with van der Waals surface area (Å²) in [5, 5.41) is 5.04. The summed E-state index contributed by atoms with van der Waals surface area (Å²) in [4.78, 5) is 2.40. The van der Waals surface area contributed by atoms with Gasteiger partial charge in [0, 0.05) is 38.9 Å². The van der Waals surface area contributed by atoms with E-state index < -0.39 is 0 Å². The zero-order valence-electron chi connectivity index (χ0n) is 37.4. The molecular formula is C65H48N2. The van der Waals surface area contributed by atoms with Crippen molar-refractivity contribution in [1.29, 1.82) is 0 Å². The van der Waals surface area contributed by atoms with Gasteiger partial charge in [0.25, 0.3) is 0 Å². The fourth-order valence-corrected chi connectivity index (χ4v) is 10.4. The van der Waals surface area contributed by atoms with Crippen molar-refractivity contribution in [2.24, 2.45) is 5.92 Å². The number of benzene rings is 10. The maximum atomic E-state index is 2.51. The van der Waals surface area contributed by atoms with Crippen molar-refractivity contribution in [1.82, 2.24) is 4.57 Å². The van der Waals surface area contributed by atoms with Crippen molar-refractivity contribution < 1.29 is 0 Å². The van der Waals surface area contributed by atoms with Crippen LogP contribution in [0.25, 0.3) is 93.9 Å². The molecule has 0 amide bonds. The SMILES string of the molecule is CC1C=C(n2c3cccc(-c4cccc(N(c5ccc(-c6ccccc6-c6ccccc6)cc5)c5ccc(-c6ccccc6-c6ccccc6)cc5)c4)c3c3ccc4ccccc4c32)C=CC1. The number of hydrogen-bond donors (Lipinski definition) is 0. The molecule has 1 aliphatic rings. The largest absolute Gasteiger partial charge is 0.310 e. The van der Waals surface area contributed by atoms with Crippen LogP contribution in [0.2, 0.25) is 0 Å². The Labute approximate surface area is 392 Å². The van der Waals surface area contributed by atoms with Gasteiger partial charge in [0.05, 0.1) is 11.0 Å². The molecule has 1 heterocycles. The van der Waals surface area contributed by atoms with Crippen molar-refractivity contribution in [3.05, 3.63) is 255 Å². The maximum absolute atomic E-state index is 2.51. The minimum Gasteiger partial charge on any atom is -0.310 e. The van der Waals surface area contributed by atoms with E-state index in [1.165, 1.54) is 93.9 Å². The molecule has 0 saturated heterocycles. The summed E-state index contributed by atoms with van der Waals surface area (Å²) in [6.07, 6.45) is 8.13. The molecule has 0 bridgehead atoms. The summed E-state index contributed by atoms with van der Waals surface area (Å²) in [7, 11) is 0. The molecule has 11 aromatic rings. The molecule has 0 fully saturated rings. The van der Waals surface area contributed by atoms with E-state index in [0.29, 0.717) is 5.92 Å². The summed E-state index contributed by atoms with van der Waals surface area (Å²) >= 11 is 0. The molecule has 2 nitrogen and oxygen atoms in total. The average molecular weight is 857 g/mol. The molecule has 0 spiro atoms. The molecular weight excluding hydrogens is 809 g/mol. The number of aromatic nitrogens is 1. The number of rotatable bonds is 9.